The minimum Gasteiger partial charge on any atom is -0.361 e. The number of aryl methyl sites for hydroxylation is 1. The Morgan fingerprint density at radius 2 is 2.00 bits per heavy atom. The van der Waals surface area contributed by atoms with Gasteiger partial charge in [0, 0.05) is 36.0 Å². The standard InChI is InChI=1S/C20H21N7O/c1-14-17(12-22-28-14)13-26-9-6-15(7-10-26)20-24-23-19-5-4-18(25-27(19)20)16-3-2-8-21-11-16/h2-5,8,11-12,15H,6-7,9-10,13H2,1H3. The molecule has 0 N–H and O–H groups in total. The van der Waals surface area contributed by atoms with Crippen LogP contribution < -0.4 is 0 Å². The Kier molecular flexibility index (Phi) is 4.32. The molecule has 0 radical (unpaired) electrons. The summed E-state index contributed by atoms with van der Waals surface area (Å²) in [6.07, 6.45) is 7.47. The molecule has 1 saturated heterocycles. The molecule has 0 bridgehead atoms. The van der Waals surface area contributed by atoms with Gasteiger partial charge in [-0.05, 0) is 57.1 Å². The summed E-state index contributed by atoms with van der Waals surface area (Å²) in [5.41, 5.74) is 3.81. The number of rotatable bonds is 4. The number of piperidine rings is 1. The number of hydrogen-bond acceptors (Lipinski definition) is 7. The molecule has 0 unspecified atom stereocenters. The highest BCUT2D eigenvalue weighted by atomic mass is 16.5. The van der Waals surface area contributed by atoms with Gasteiger partial charge in [-0.3, -0.25) is 9.88 Å². The summed E-state index contributed by atoms with van der Waals surface area (Å²) >= 11 is 0. The third-order valence-electron chi connectivity index (χ3n) is 5.44. The third-order valence-corrected chi connectivity index (χ3v) is 5.44. The predicted molar refractivity (Wildman–Crippen MR) is 103 cm³/mol. The molecule has 1 aliphatic rings. The van der Waals surface area contributed by atoms with Crippen molar-refractivity contribution >= 4 is 5.65 Å². The second kappa shape index (κ2) is 7.12. The summed E-state index contributed by atoms with van der Waals surface area (Å²) in [5.74, 6) is 2.20. The lowest BCUT2D eigenvalue weighted by Gasteiger charge is -2.30. The lowest BCUT2D eigenvalue weighted by molar-refractivity contribution is 0.200. The summed E-state index contributed by atoms with van der Waals surface area (Å²) in [6.45, 7) is 4.86. The van der Waals surface area contributed by atoms with Gasteiger partial charge >= 0.3 is 0 Å². The number of hydrogen-bond donors (Lipinski definition) is 0. The van der Waals surface area contributed by atoms with Crippen molar-refractivity contribution in [1.29, 1.82) is 0 Å². The average molecular weight is 375 g/mol. The van der Waals surface area contributed by atoms with Crippen LogP contribution in [0.3, 0.4) is 0 Å². The van der Waals surface area contributed by atoms with Crippen molar-refractivity contribution in [2.45, 2.75) is 32.2 Å². The Labute approximate surface area is 162 Å². The molecule has 0 spiro atoms. The fourth-order valence-electron chi connectivity index (χ4n) is 3.79. The van der Waals surface area contributed by atoms with Crippen molar-refractivity contribution in [2.75, 3.05) is 13.1 Å². The zero-order valence-corrected chi connectivity index (χ0v) is 15.7. The van der Waals surface area contributed by atoms with E-state index in [1.54, 1.807) is 6.20 Å². The number of aromatic nitrogens is 6. The number of nitrogens with zero attached hydrogens (tertiary/aromatic N) is 7. The number of likely N-dealkylation sites (tertiary alicyclic amines) is 1. The number of pyridine rings is 1. The van der Waals surface area contributed by atoms with Crippen LogP contribution in [0, 0.1) is 6.92 Å². The Balaban J connectivity index is 1.35. The third kappa shape index (κ3) is 3.16. The molecule has 0 atom stereocenters. The smallest absolute Gasteiger partial charge is 0.177 e. The van der Waals surface area contributed by atoms with E-state index in [1.807, 2.05) is 48.1 Å². The van der Waals surface area contributed by atoms with E-state index in [0.29, 0.717) is 5.92 Å². The zero-order valence-electron chi connectivity index (χ0n) is 15.7. The van der Waals surface area contributed by atoms with Crippen molar-refractivity contribution in [3.63, 3.8) is 0 Å². The molecule has 5 rings (SSSR count). The second-order valence-corrected chi connectivity index (χ2v) is 7.25. The van der Waals surface area contributed by atoms with Crippen molar-refractivity contribution in [1.82, 2.24) is 34.9 Å². The van der Waals surface area contributed by atoms with Crippen LogP contribution >= 0.6 is 0 Å². The molecule has 8 heteroatoms. The summed E-state index contributed by atoms with van der Waals surface area (Å²) < 4.78 is 7.07. The van der Waals surface area contributed by atoms with Gasteiger partial charge in [0.1, 0.15) is 5.76 Å². The van der Waals surface area contributed by atoms with E-state index >= 15 is 0 Å². The van der Waals surface area contributed by atoms with Crippen molar-refractivity contribution in [2.24, 2.45) is 0 Å². The molecular weight excluding hydrogens is 354 g/mol. The van der Waals surface area contributed by atoms with Crippen LogP contribution in [-0.4, -0.2) is 47.9 Å². The summed E-state index contributed by atoms with van der Waals surface area (Å²) in [6, 6.07) is 7.86. The fraction of sp³-hybridized carbons (Fsp3) is 0.350. The maximum Gasteiger partial charge on any atom is 0.177 e. The SMILES string of the molecule is Cc1oncc1CN1CCC(c2nnc3ccc(-c4cccnc4)nn23)CC1. The molecule has 1 fully saturated rings. The molecular formula is C20H21N7O. The van der Waals surface area contributed by atoms with Gasteiger partial charge in [0.05, 0.1) is 11.9 Å². The second-order valence-electron chi connectivity index (χ2n) is 7.25. The minimum absolute atomic E-state index is 0.353. The molecule has 4 aromatic heterocycles. The minimum atomic E-state index is 0.353. The van der Waals surface area contributed by atoms with Crippen molar-refractivity contribution < 1.29 is 4.52 Å². The topological polar surface area (TPSA) is 85.2 Å². The predicted octanol–water partition coefficient (Wildman–Crippen LogP) is 2.86. The van der Waals surface area contributed by atoms with E-state index in [0.717, 1.165) is 66.5 Å². The van der Waals surface area contributed by atoms with E-state index in [1.165, 1.54) is 0 Å². The highest BCUT2D eigenvalue weighted by Gasteiger charge is 2.25. The molecule has 0 aliphatic carbocycles. The first-order valence-corrected chi connectivity index (χ1v) is 9.53. The quantitative estimate of drug-likeness (QED) is 0.542. The highest BCUT2D eigenvalue weighted by molar-refractivity contribution is 5.58. The Hall–Kier alpha value is -3.13. The molecule has 142 valence electrons. The maximum absolute atomic E-state index is 5.17. The first-order valence-electron chi connectivity index (χ1n) is 9.53. The van der Waals surface area contributed by atoms with Crippen LogP contribution in [0.2, 0.25) is 0 Å². The largest absolute Gasteiger partial charge is 0.361 e. The van der Waals surface area contributed by atoms with Crippen LogP contribution in [0.15, 0.2) is 47.4 Å². The van der Waals surface area contributed by atoms with Gasteiger partial charge in [0.25, 0.3) is 0 Å². The number of fused-ring (bicyclic) bond motifs is 1. The monoisotopic (exact) mass is 375 g/mol. The van der Waals surface area contributed by atoms with Gasteiger partial charge in [-0.15, -0.1) is 10.2 Å². The van der Waals surface area contributed by atoms with Gasteiger partial charge in [0.2, 0.25) is 0 Å². The Morgan fingerprint density at radius 1 is 1.11 bits per heavy atom. The summed E-state index contributed by atoms with van der Waals surface area (Å²) in [7, 11) is 0. The highest BCUT2D eigenvalue weighted by Crippen LogP contribution is 2.28. The molecule has 8 nitrogen and oxygen atoms in total. The van der Waals surface area contributed by atoms with Crippen molar-refractivity contribution in [3.05, 3.63) is 60.0 Å². The van der Waals surface area contributed by atoms with Crippen molar-refractivity contribution in [3.8, 4) is 11.3 Å². The van der Waals surface area contributed by atoms with Crippen LogP contribution in [-0.2, 0) is 6.54 Å². The molecule has 5 heterocycles. The summed E-state index contributed by atoms with van der Waals surface area (Å²) in [5, 5.41) is 17.4. The first kappa shape index (κ1) is 17.0. The molecule has 0 amide bonds. The zero-order chi connectivity index (χ0) is 18.9. The van der Waals surface area contributed by atoms with E-state index in [4.69, 9.17) is 9.62 Å². The molecule has 4 aromatic rings. The maximum atomic E-state index is 5.17. The van der Waals surface area contributed by atoms with E-state index in [9.17, 15) is 0 Å². The molecule has 0 aromatic carbocycles. The van der Waals surface area contributed by atoms with E-state index in [2.05, 4.69) is 25.2 Å². The van der Waals surface area contributed by atoms with Gasteiger partial charge in [-0.1, -0.05) is 5.16 Å². The van der Waals surface area contributed by atoms with Gasteiger partial charge in [0.15, 0.2) is 11.5 Å². The molecule has 0 saturated carbocycles. The van der Waals surface area contributed by atoms with Crippen LogP contribution in [0.4, 0.5) is 0 Å². The van der Waals surface area contributed by atoms with Crippen LogP contribution in [0.5, 0.6) is 0 Å². The van der Waals surface area contributed by atoms with Gasteiger partial charge in [-0.25, -0.2) is 0 Å². The lowest BCUT2D eigenvalue weighted by Crippen LogP contribution is -2.33. The average Bonchev–Trinajstić information content (AvgIpc) is 3.35. The van der Waals surface area contributed by atoms with E-state index < -0.39 is 0 Å². The summed E-state index contributed by atoms with van der Waals surface area (Å²) in [4.78, 5) is 6.63. The Morgan fingerprint density at radius 3 is 2.75 bits per heavy atom. The van der Waals surface area contributed by atoms with E-state index in [-0.39, 0.29) is 0 Å². The fourth-order valence-corrected chi connectivity index (χ4v) is 3.79. The normalized spacial score (nSPS) is 16.0. The Bertz CT molecular complexity index is 1080. The van der Waals surface area contributed by atoms with Gasteiger partial charge in [-0.2, -0.15) is 9.61 Å². The first-order chi connectivity index (χ1) is 13.8. The van der Waals surface area contributed by atoms with Crippen LogP contribution in [0.25, 0.3) is 16.9 Å². The lowest BCUT2D eigenvalue weighted by atomic mass is 9.96. The van der Waals surface area contributed by atoms with Gasteiger partial charge < -0.3 is 4.52 Å². The van der Waals surface area contributed by atoms with Crippen LogP contribution in [0.1, 0.15) is 35.9 Å². The molecule has 28 heavy (non-hydrogen) atoms. The molecule has 1 aliphatic heterocycles.